The molecule has 0 spiro atoms. The van der Waals surface area contributed by atoms with E-state index in [1.807, 2.05) is 0 Å². The minimum atomic E-state index is -0.215. The molecule has 1 amide bonds. The summed E-state index contributed by atoms with van der Waals surface area (Å²) < 4.78 is 5.11. The molecule has 0 fully saturated rings. The van der Waals surface area contributed by atoms with Crippen LogP contribution in [0, 0.1) is 0 Å². The minimum absolute atomic E-state index is 0.00607. The number of hydrogen-bond acceptors (Lipinski definition) is 5. The number of nitrogens with zero attached hydrogens (tertiary/aromatic N) is 2. The van der Waals surface area contributed by atoms with Crippen molar-refractivity contribution in [3.05, 3.63) is 18.1 Å². The minimum Gasteiger partial charge on any atom is -0.383 e. The molecular formula is C14H24N4O2. The molecule has 6 nitrogen and oxygen atoms in total. The van der Waals surface area contributed by atoms with Crippen molar-refractivity contribution < 1.29 is 9.53 Å². The van der Waals surface area contributed by atoms with Crippen molar-refractivity contribution in [3.8, 4) is 0 Å². The fourth-order valence-corrected chi connectivity index (χ4v) is 1.82. The second-order valence-corrected chi connectivity index (χ2v) is 4.63. The lowest BCUT2D eigenvalue weighted by Crippen LogP contribution is -2.38. The van der Waals surface area contributed by atoms with Gasteiger partial charge in [-0.05, 0) is 12.8 Å². The molecule has 0 radical (unpaired) electrons. The van der Waals surface area contributed by atoms with Crippen molar-refractivity contribution in [2.75, 3.05) is 25.6 Å². The van der Waals surface area contributed by atoms with E-state index in [4.69, 9.17) is 4.74 Å². The van der Waals surface area contributed by atoms with Crippen LogP contribution in [0.1, 0.15) is 43.6 Å². The smallest absolute Gasteiger partial charge is 0.271 e. The Hall–Kier alpha value is -1.69. The Balaban J connectivity index is 2.65. The van der Waals surface area contributed by atoms with Crippen molar-refractivity contribution in [3.63, 3.8) is 0 Å². The molecule has 0 aliphatic carbocycles. The molecule has 0 aliphatic heterocycles. The van der Waals surface area contributed by atoms with Gasteiger partial charge in [-0.2, -0.15) is 0 Å². The molecule has 6 heteroatoms. The highest BCUT2D eigenvalue weighted by Gasteiger charge is 2.14. The maximum Gasteiger partial charge on any atom is 0.271 e. The van der Waals surface area contributed by atoms with E-state index >= 15 is 0 Å². The lowest BCUT2D eigenvalue weighted by molar-refractivity contribution is 0.0886. The molecule has 1 heterocycles. The highest BCUT2D eigenvalue weighted by molar-refractivity contribution is 5.92. The average molecular weight is 280 g/mol. The van der Waals surface area contributed by atoms with Crippen molar-refractivity contribution in [2.24, 2.45) is 0 Å². The first-order valence-corrected chi connectivity index (χ1v) is 7.06. The molecule has 0 aliphatic rings. The zero-order chi connectivity index (χ0) is 14.8. The number of methoxy groups -OCH3 is 1. The van der Waals surface area contributed by atoms with Crippen LogP contribution in [0.5, 0.6) is 0 Å². The maximum absolute atomic E-state index is 12.1. The summed E-state index contributed by atoms with van der Waals surface area (Å²) >= 11 is 0. The zero-order valence-electron chi connectivity index (χ0n) is 12.5. The lowest BCUT2D eigenvalue weighted by Gasteiger charge is -2.16. The van der Waals surface area contributed by atoms with E-state index in [1.54, 1.807) is 13.3 Å². The van der Waals surface area contributed by atoms with Crippen molar-refractivity contribution in [1.82, 2.24) is 15.3 Å². The molecule has 1 atom stereocenters. The molecule has 0 bridgehead atoms. The average Bonchev–Trinajstić information content (AvgIpc) is 2.46. The van der Waals surface area contributed by atoms with Gasteiger partial charge in [-0.15, -0.1) is 0 Å². The molecule has 1 aromatic heterocycles. The fraction of sp³-hybridized carbons (Fsp3) is 0.643. The highest BCUT2D eigenvalue weighted by atomic mass is 16.5. The molecule has 1 unspecified atom stereocenters. The molecule has 0 saturated carbocycles. The van der Waals surface area contributed by atoms with Crippen molar-refractivity contribution >= 4 is 11.7 Å². The molecule has 0 aromatic carbocycles. The SMILES string of the molecule is CCCNc1cncc(C(=O)NC(CCC)COC)n1. The van der Waals surface area contributed by atoms with Gasteiger partial charge in [-0.3, -0.25) is 9.78 Å². The van der Waals surface area contributed by atoms with Crippen LogP contribution in [-0.2, 0) is 4.74 Å². The first-order chi connectivity index (χ1) is 9.71. The van der Waals surface area contributed by atoms with Crippen LogP contribution in [0.3, 0.4) is 0 Å². The Labute approximate surface area is 120 Å². The van der Waals surface area contributed by atoms with Crippen LogP contribution in [0.4, 0.5) is 5.82 Å². The van der Waals surface area contributed by atoms with Gasteiger partial charge in [0.2, 0.25) is 0 Å². The van der Waals surface area contributed by atoms with Gasteiger partial charge >= 0.3 is 0 Å². The van der Waals surface area contributed by atoms with Crippen molar-refractivity contribution in [2.45, 2.75) is 39.2 Å². The molecule has 0 saturated heterocycles. The van der Waals surface area contributed by atoms with Crippen LogP contribution in [-0.4, -0.2) is 42.2 Å². The monoisotopic (exact) mass is 280 g/mol. The van der Waals surface area contributed by atoms with Gasteiger partial charge in [0.25, 0.3) is 5.91 Å². The van der Waals surface area contributed by atoms with Gasteiger partial charge in [-0.25, -0.2) is 4.98 Å². The third kappa shape index (κ3) is 5.52. The number of carbonyl (C=O) groups is 1. The predicted octanol–water partition coefficient (Wildman–Crippen LogP) is 1.84. The predicted molar refractivity (Wildman–Crippen MR) is 78.9 cm³/mol. The van der Waals surface area contributed by atoms with E-state index in [0.29, 0.717) is 18.1 Å². The number of aromatic nitrogens is 2. The summed E-state index contributed by atoms with van der Waals surface area (Å²) in [5, 5.41) is 6.04. The largest absolute Gasteiger partial charge is 0.383 e. The van der Waals surface area contributed by atoms with Gasteiger partial charge in [0.15, 0.2) is 0 Å². The first kappa shape index (κ1) is 16.4. The molecule has 20 heavy (non-hydrogen) atoms. The summed E-state index contributed by atoms with van der Waals surface area (Å²) in [4.78, 5) is 20.4. The molecule has 1 rings (SSSR count). The second kappa shape index (κ2) is 9.25. The summed E-state index contributed by atoms with van der Waals surface area (Å²) in [6.07, 6.45) is 5.94. The van der Waals surface area contributed by atoms with Gasteiger partial charge in [0.05, 0.1) is 25.0 Å². The Morgan fingerprint density at radius 1 is 1.35 bits per heavy atom. The summed E-state index contributed by atoms with van der Waals surface area (Å²) in [5.41, 5.74) is 0.323. The first-order valence-electron chi connectivity index (χ1n) is 7.06. The van der Waals surface area contributed by atoms with Crippen LogP contribution in [0.2, 0.25) is 0 Å². The second-order valence-electron chi connectivity index (χ2n) is 4.63. The van der Waals surface area contributed by atoms with E-state index in [9.17, 15) is 4.79 Å². The maximum atomic E-state index is 12.1. The highest BCUT2D eigenvalue weighted by Crippen LogP contribution is 2.04. The Morgan fingerprint density at radius 3 is 2.80 bits per heavy atom. The van der Waals surface area contributed by atoms with Gasteiger partial charge < -0.3 is 15.4 Å². The van der Waals surface area contributed by atoms with Gasteiger partial charge in [0, 0.05) is 13.7 Å². The quantitative estimate of drug-likeness (QED) is 0.722. The van der Waals surface area contributed by atoms with E-state index in [-0.39, 0.29) is 11.9 Å². The molecule has 2 N–H and O–H groups in total. The topological polar surface area (TPSA) is 76.1 Å². The number of rotatable bonds is 9. The van der Waals surface area contributed by atoms with E-state index in [1.165, 1.54) is 6.20 Å². The summed E-state index contributed by atoms with van der Waals surface area (Å²) in [7, 11) is 1.63. The van der Waals surface area contributed by atoms with E-state index in [2.05, 4.69) is 34.4 Å². The van der Waals surface area contributed by atoms with Crippen LogP contribution in [0.25, 0.3) is 0 Å². The standard InChI is InChI=1S/C14H24N4O2/c1-4-6-11(10-20-3)17-14(19)12-8-15-9-13(18-12)16-7-5-2/h8-9,11H,4-7,10H2,1-3H3,(H,16,18)(H,17,19). The van der Waals surface area contributed by atoms with E-state index < -0.39 is 0 Å². The van der Waals surface area contributed by atoms with Gasteiger partial charge in [0.1, 0.15) is 11.5 Å². The lowest BCUT2D eigenvalue weighted by atomic mass is 10.2. The summed E-state index contributed by atoms with van der Waals surface area (Å²) in [5.74, 6) is 0.409. The van der Waals surface area contributed by atoms with Crippen LogP contribution < -0.4 is 10.6 Å². The Bertz CT molecular complexity index is 406. The number of amides is 1. The summed E-state index contributed by atoms with van der Waals surface area (Å²) in [6, 6.07) is 0.00607. The Kier molecular flexibility index (Phi) is 7.57. The number of hydrogen-bond donors (Lipinski definition) is 2. The number of nitrogens with one attached hydrogen (secondary N) is 2. The normalized spacial score (nSPS) is 11.9. The number of anilines is 1. The van der Waals surface area contributed by atoms with Crippen LogP contribution >= 0.6 is 0 Å². The molecule has 1 aromatic rings. The van der Waals surface area contributed by atoms with Crippen LogP contribution in [0.15, 0.2) is 12.4 Å². The number of carbonyl (C=O) groups excluding carboxylic acids is 1. The fourth-order valence-electron chi connectivity index (χ4n) is 1.82. The zero-order valence-corrected chi connectivity index (χ0v) is 12.5. The Morgan fingerprint density at radius 2 is 2.15 bits per heavy atom. The molecule has 112 valence electrons. The van der Waals surface area contributed by atoms with Crippen molar-refractivity contribution in [1.29, 1.82) is 0 Å². The molecular weight excluding hydrogens is 256 g/mol. The third-order valence-electron chi connectivity index (χ3n) is 2.76. The van der Waals surface area contributed by atoms with Gasteiger partial charge in [-0.1, -0.05) is 20.3 Å². The third-order valence-corrected chi connectivity index (χ3v) is 2.76. The summed E-state index contributed by atoms with van der Waals surface area (Å²) in [6.45, 7) is 5.45. The number of ether oxygens (including phenoxy) is 1. The van der Waals surface area contributed by atoms with E-state index in [0.717, 1.165) is 25.8 Å².